The molecule has 3 heteroatoms. The predicted octanol–water partition coefficient (Wildman–Crippen LogP) is 2.97. The van der Waals surface area contributed by atoms with E-state index >= 15 is 0 Å². The van der Waals surface area contributed by atoms with E-state index in [4.69, 9.17) is 4.74 Å². The Morgan fingerprint density at radius 2 is 1.94 bits per heavy atom. The summed E-state index contributed by atoms with van der Waals surface area (Å²) >= 11 is 0. The highest BCUT2D eigenvalue weighted by Gasteiger charge is 2.00. The molecular formula is C14H20O3. The molecule has 94 valence electrons. The fraction of sp³-hybridized carbons (Fsp3) is 0.500. The second kappa shape index (κ2) is 7.71. The van der Waals surface area contributed by atoms with Gasteiger partial charge in [-0.25, -0.2) is 0 Å². The van der Waals surface area contributed by atoms with Gasteiger partial charge in [-0.1, -0.05) is 25.5 Å². The molecule has 1 aromatic carbocycles. The van der Waals surface area contributed by atoms with Crippen molar-refractivity contribution in [1.82, 2.24) is 0 Å². The van der Waals surface area contributed by atoms with Gasteiger partial charge in [-0.2, -0.15) is 0 Å². The zero-order valence-corrected chi connectivity index (χ0v) is 10.6. The Morgan fingerprint density at radius 3 is 2.53 bits per heavy atom. The van der Waals surface area contributed by atoms with Gasteiger partial charge in [0.25, 0.3) is 0 Å². The minimum Gasteiger partial charge on any atom is -0.494 e. The molecule has 1 rings (SSSR count). The van der Waals surface area contributed by atoms with Crippen molar-refractivity contribution in [2.75, 3.05) is 13.7 Å². The van der Waals surface area contributed by atoms with Crippen molar-refractivity contribution in [2.24, 2.45) is 0 Å². The first kappa shape index (κ1) is 13.6. The third-order valence-electron chi connectivity index (χ3n) is 2.48. The number of carbonyl (C=O) groups is 1. The van der Waals surface area contributed by atoms with Crippen LogP contribution < -0.4 is 4.74 Å². The lowest BCUT2D eigenvalue weighted by Crippen LogP contribution is -2.04. The van der Waals surface area contributed by atoms with Crippen LogP contribution in [0.15, 0.2) is 24.3 Å². The van der Waals surface area contributed by atoms with Crippen molar-refractivity contribution in [3.63, 3.8) is 0 Å². The Morgan fingerprint density at radius 1 is 1.24 bits per heavy atom. The van der Waals surface area contributed by atoms with Gasteiger partial charge >= 0.3 is 5.97 Å². The Labute approximate surface area is 103 Å². The van der Waals surface area contributed by atoms with E-state index in [0.717, 1.165) is 18.6 Å². The lowest BCUT2D eigenvalue weighted by atomic mass is 10.1. The van der Waals surface area contributed by atoms with Crippen molar-refractivity contribution in [1.29, 1.82) is 0 Å². The Kier molecular flexibility index (Phi) is 6.15. The normalized spacial score (nSPS) is 10.0. The van der Waals surface area contributed by atoms with Gasteiger partial charge in [0.15, 0.2) is 0 Å². The van der Waals surface area contributed by atoms with Crippen molar-refractivity contribution >= 4 is 5.97 Å². The van der Waals surface area contributed by atoms with Crippen molar-refractivity contribution in [3.8, 4) is 5.75 Å². The van der Waals surface area contributed by atoms with Crippen LogP contribution in [0.3, 0.4) is 0 Å². The van der Waals surface area contributed by atoms with Gasteiger partial charge in [-0.3, -0.25) is 4.79 Å². The first-order valence-electron chi connectivity index (χ1n) is 6.04. The van der Waals surface area contributed by atoms with E-state index in [0.29, 0.717) is 19.4 Å². The molecule has 0 aliphatic carbocycles. The van der Waals surface area contributed by atoms with Crippen LogP contribution in [0.2, 0.25) is 0 Å². The van der Waals surface area contributed by atoms with Gasteiger partial charge in [-0.15, -0.1) is 0 Å². The topological polar surface area (TPSA) is 35.5 Å². The number of ether oxygens (including phenoxy) is 2. The van der Waals surface area contributed by atoms with Gasteiger partial charge < -0.3 is 9.47 Å². The Balaban J connectivity index is 2.25. The maximum atomic E-state index is 10.9. The smallest absolute Gasteiger partial charge is 0.305 e. The highest BCUT2D eigenvalue weighted by Crippen LogP contribution is 2.13. The summed E-state index contributed by atoms with van der Waals surface area (Å²) in [4.78, 5) is 10.9. The molecular weight excluding hydrogens is 216 g/mol. The fourth-order valence-corrected chi connectivity index (χ4v) is 1.55. The largest absolute Gasteiger partial charge is 0.494 e. The summed E-state index contributed by atoms with van der Waals surface area (Å²) < 4.78 is 10.1. The molecule has 0 unspecified atom stereocenters. The highest BCUT2D eigenvalue weighted by molar-refractivity contribution is 5.69. The molecule has 0 radical (unpaired) electrons. The number of aryl methyl sites for hydroxylation is 1. The highest BCUT2D eigenvalue weighted by atomic mass is 16.5. The molecule has 0 heterocycles. The van der Waals surface area contributed by atoms with E-state index in [1.165, 1.54) is 12.7 Å². The van der Waals surface area contributed by atoms with Crippen LogP contribution in [0, 0.1) is 0 Å². The lowest BCUT2D eigenvalue weighted by molar-refractivity contribution is -0.140. The molecule has 0 amide bonds. The van der Waals surface area contributed by atoms with Crippen LogP contribution in [0.25, 0.3) is 0 Å². The van der Waals surface area contributed by atoms with Gasteiger partial charge in [0.2, 0.25) is 0 Å². The molecule has 0 N–H and O–H groups in total. The van der Waals surface area contributed by atoms with E-state index in [-0.39, 0.29) is 5.97 Å². The third kappa shape index (κ3) is 5.38. The molecule has 0 aromatic heterocycles. The molecule has 1 aromatic rings. The number of hydrogen-bond donors (Lipinski definition) is 0. The van der Waals surface area contributed by atoms with Crippen molar-refractivity contribution in [2.45, 2.75) is 32.6 Å². The Bertz CT molecular complexity index is 330. The average Bonchev–Trinajstić information content (AvgIpc) is 2.36. The number of carbonyl (C=O) groups excluding carboxylic acids is 1. The van der Waals surface area contributed by atoms with Crippen LogP contribution in [0.1, 0.15) is 31.7 Å². The summed E-state index contributed by atoms with van der Waals surface area (Å²) in [5, 5.41) is 0. The second-order valence-electron chi connectivity index (χ2n) is 3.92. The zero-order valence-electron chi connectivity index (χ0n) is 10.6. The summed E-state index contributed by atoms with van der Waals surface area (Å²) in [5.41, 5.74) is 1.33. The number of benzene rings is 1. The summed E-state index contributed by atoms with van der Waals surface area (Å²) in [6, 6.07) is 8.12. The monoisotopic (exact) mass is 236 g/mol. The van der Waals surface area contributed by atoms with Gasteiger partial charge in [-0.05, 0) is 30.5 Å². The second-order valence-corrected chi connectivity index (χ2v) is 3.92. The predicted molar refractivity (Wildman–Crippen MR) is 67.2 cm³/mol. The minimum absolute atomic E-state index is 0.188. The first-order chi connectivity index (χ1) is 8.26. The van der Waals surface area contributed by atoms with Gasteiger partial charge in [0.05, 0.1) is 13.7 Å². The molecule has 3 nitrogen and oxygen atoms in total. The average molecular weight is 236 g/mol. The molecule has 0 spiro atoms. The molecule has 0 atom stereocenters. The number of esters is 1. The standard InChI is InChI=1S/C14H20O3/c1-3-5-12-7-9-13(10-8-12)17-11-4-6-14(15)16-2/h7-10H,3-6,11H2,1-2H3. The quantitative estimate of drug-likeness (QED) is 0.539. The lowest BCUT2D eigenvalue weighted by Gasteiger charge is -2.06. The first-order valence-corrected chi connectivity index (χ1v) is 6.04. The van der Waals surface area contributed by atoms with E-state index in [9.17, 15) is 4.79 Å². The van der Waals surface area contributed by atoms with Crippen LogP contribution in [0.5, 0.6) is 5.75 Å². The number of rotatable bonds is 7. The molecule has 0 saturated heterocycles. The molecule has 0 aliphatic heterocycles. The minimum atomic E-state index is -0.188. The fourth-order valence-electron chi connectivity index (χ4n) is 1.55. The molecule has 0 bridgehead atoms. The van der Waals surface area contributed by atoms with E-state index in [1.54, 1.807) is 0 Å². The Hall–Kier alpha value is -1.51. The zero-order chi connectivity index (χ0) is 12.5. The third-order valence-corrected chi connectivity index (χ3v) is 2.48. The molecule has 0 fully saturated rings. The summed E-state index contributed by atoms with van der Waals surface area (Å²) in [6.07, 6.45) is 3.34. The van der Waals surface area contributed by atoms with Gasteiger partial charge in [0, 0.05) is 6.42 Å². The molecule has 17 heavy (non-hydrogen) atoms. The van der Waals surface area contributed by atoms with E-state index in [1.807, 2.05) is 12.1 Å². The van der Waals surface area contributed by atoms with Crippen molar-refractivity contribution < 1.29 is 14.3 Å². The summed E-state index contributed by atoms with van der Waals surface area (Å²) in [6.45, 7) is 2.71. The van der Waals surface area contributed by atoms with E-state index < -0.39 is 0 Å². The van der Waals surface area contributed by atoms with Gasteiger partial charge in [0.1, 0.15) is 5.75 Å². The van der Waals surface area contributed by atoms with Crippen LogP contribution >= 0.6 is 0 Å². The number of hydrogen-bond acceptors (Lipinski definition) is 3. The number of methoxy groups -OCH3 is 1. The molecule has 0 saturated carbocycles. The van der Waals surface area contributed by atoms with Crippen molar-refractivity contribution in [3.05, 3.63) is 29.8 Å². The van der Waals surface area contributed by atoms with E-state index in [2.05, 4.69) is 23.8 Å². The van der Waals surface area contributed by atoms with Crippen LogP contribution in [0.4, 0.5) is 0 Å². The van der Waals surface area contributed by atoms with Crippen LogP contribution in [-0.2, 0) is 16.0 Å². The maximum absolute atomic E-state index is 10.9. The molecule has 0 aliphatic rings. The van der Waals surface area contributed by atoms with Crippen LogP contribution in [-0.4, -0.2) is 19.7 Å². The SMILES string of the molecule is CCCc1ccc(OCCCC(=O)OC)cc1. The summed E-state index contributed by atoms with van der Waals surface area (Å²) in [5.74, 6) is 0.668. The maximum Gasteiger partial charge on any atom is 0.305 e. The summed E-state index contributed by atoms with van der Waals surface area (Å²) in [7, 11) is 1.40.